The van der Waals surface area contributed by atoms with Crippen LogP contribution in [-0.4, -0.2) is 0 Å². The predicted molar refractivity (Wildman–Crippen MR) is 174 cm³/mol. The van der Waals surface area contributed by atoms with Gasteiger partial charge in [0.25, 0.3) is 0 Å². The van der Waals surface area contributed by atoms with E-state index in [1.165, 1.54) is 71.3 Å². The predicted octanol–water partition coefficient (Wildman–Crippen LogP) is 11.3. The van der Waals surface area contributed by atoms with Gasteiger partial charge >= 0.3 is 0 Å². The first-order valence-electron chi connectivity index (χ1n) is 14.0. The van der Waals surface area contributed by atoms with E-state index in [0.29, 0.717) is 0 Å². The van der Waals surface area contributed by atoms with E-state index < -0.39 is 0 Å². The quantitative estimate of drug-likeness (QED) is 0.207. The van der Waals surface area contributed by atoms with Crippen molar-refractivity contribution < 1.29 is 0 Å². The maximum atomic E-state index is 2.29. The Bertz CT molecular complexity index is 1950. The molecule has 1 aliphatic rings. The smallest absolute Gasteiger partial charge is 0.00264 e. The monoisotopic (exact) mass is 510 g/mol. The minimum atomic E-state index is 0.982. The molecule has 0 heteroatoms. The van der Waals surface area contributed by atoms with Crippen molar-refractivity contribution in [1.82, 2.24) is 0 Å². The second kappa shape index (κ2) is 10.3. The zero-order chi connectivity index (χ0) is 26.9. The maximum absolute atomic E-state index is 2.29. The molecule has 0 unspecified atom stereocenters. The molecule has 0 amide bonds. The van der Waals surface area contributed by atoms with Crippen LogP contribution in [0.15, 0.2) is 157 Å². The number of hydrogen-bond donors (Lipinski definition) is 0. The van der Waals surface area contributed by atoms with Gasteiger partial charge in [-0.1, -0.05) is 152 Å². The molecule has 0 bridgehead atoms. The number of hydrogen-bond acceptors (Lipinski definition) is 0. The number of fused-ring (bicyclic) bond motifs is 3. The molecule has 0 fully saturated rings. The van der Waals surface area contributed by atoms with Gasteiger partial charge in [-0.2, -0.15) is 0 Å². The Morgan fingerprint density at radius 3 is 1.85 bits per heavy atom. The molecule has 190 valence electrons. The highest BCUT2D eigenvalue weighted by Crippen LogP contribution is 2.42. The van der Waals surface area contributed by atoms with Gasteiger partial charge in [-0.3, -0.25) is 0 Å². The highest BCUT2D eigenvalue weighted by molar-refractivity contribution is 6.18. The summed E-state index contributed by atoms with van der Waals surface area (Å²) < 4.78 is 0. The van der Waals surface area contributed by atoms with Crippen LogP contribution >= 0.6 is 0 Å². The molecular weight excluding hydrogens is 480 g/mol. The zero-order valence-electron chi connectivity index (χ0n) is 22.6. The van der Waals surface area contributed by atoms with Crippen LogP contribution in [0.1, 0.15) is 18.9 Å². The Kier molecular flexibility index (Phi) is 6.22. The van der Waals surface area contributed by atoms with Gasteiger partial charge in [-0.15, -0.1) is 0 Å². The van der Waals surface area contributed by atoms with Gasteiger partial charge in [0.1, 0.15) is 0 Å². The third-order valence-corrected chi connectivity index (χ3v) is 8.06. The van der Waals surface area contributed by atoms with Crippen LogP contribution in [-0.2, 0) is 0 Å². The van der Waals surface area contributed by atoms with Gasteiger partial charge in [-0.25, -0.2) is 0 Å². The summed E-state index contributed by atoms with van der Waals surface area (Å²) in [4.78, 5) is 0. The van der Waals surface area contributed by atoms with Crippen LogP contribution in [0, 0.1) is 0 Å². The first-order chi connectivity index (χ1) is 19.8. The lowest BCUT2D eigenvalue weighted by Gasteiger charge is -2.18. The molecule has 0 nitrogen and oxygen atoms in total. The average Bonchev–Trinajstić information content (AvgIpc) is 3.03. The van der Waals surface area contributed by atoms with Gasteiger partial charge in [0.2, 0.25) is 0 Å². The van der Waals surface area contributed by atoms with Crippen LogP contribution < -0.4 is 0 Å². The van der Waals surface area contributed by atoms with E-state index in [9.17, 15) is 0 Å². The van der Waals surface area contributed by atoms with Gasteiger partial charge < -0.3 is 0 Å². The van der Waals surface area contributed by atoms with Gasteiger partial charge in [0.05, 0.1) is 0 Å². The lowest BCUT2D eigenvalue weighted by Crippen LogP contribution is -1.92. The van der Waals surface area contributed by atoms with E-state index >= 15 is 0 Å². The lowest BCUT2D eigenvalue weighted by atomic mass is 9.85. The molecule has 6 aromatic rings. The van der Waals surface area contributed by atoms with E-state index in [2.05, 4.69) is 159 Å². The van der Waals surface area contributed by atoms with Gasteiger partial charge in [-0.05, 0) is 84.6 Å². The highest BCUT2D eigenvalue weighted by Gasteiger charge is 2.16. The molecule has 0 N–H and O–H groups in total. The van der Waals surface area contributed by atoms with Crippen molar-refractivity contribution >= 4 is 37.9 Å². The van der Waals surface area contributed by atoms with Crippen molar-refractivity contribution in [2.24, 2.45) is 0 Å². The summed E-state index contributed by atoms with van der Waals surface area (Å²) in [5.74, 6) is 0. The standard InChI is InChI=1S/C40H30/c1-28(22-23-29-12-3-2-4-13-29)39-35-17-7-9-19-37(35)40(38-20-10-8-18-36(38)39)32-26-24-31(25-27-32)34-21-11-15-30-14-5-6-16-33(30)34/h2-12,14-27H,13H2,1H3/b28-22+,29-23-. The van der Waals surface area contributed by atoms with Crippen LogP contribution in [0.4, 0.5) is 0 Å². The Morgan fingerprint density at radius 1 is 0.575 bits per heavy atom. The first-order valence-corrected chi connectivity index (χ1v) is 14.0. The number of rotatable bonds is 4. The minimum absolute atomic E-state index is 0.982. The normalized spacial score (nSPS) is 14.5. The average molecular weight is 511 g/mol. The highest BCUT2D eigenvalue weighted by atomic mass is 14.2. The van der Waals surface area contributed by atoms with Crippen LogP contribution in [0.25, 0.3) is 60.1 Å². The summed E-state index contributed by atoms with van der Waals surface area (Å²) in [6.07, 6.45) is 14.2. The van der Waals surface area contributed by atoms with Crippen LogP contribution in [0.5, 0.6) is 0 Å². The van der Waals surface area contributed by atoms with Crippen molar-refractivity contribution in [3.05, 3.63) is 163 Å². The van der Waals surface area contributed by atoms with Crippen molar-refractivity contribution in [2.45, 2.75) is 13.3 Å². The first kappa shape index (κ1) is 24.1. The van der Waals surface area contributed by atoms with Crippen molar-refractivity contribution in [1.29, 1.82) is 0 Å². The molecule has 0 aliphatic heterocycles. The third kappa shape index (κ3) is 4.28. The molecule has 0 atom stereocenters. The van der Waals surface area contributed by atoms with E-state index in [-0.39, 0.29) is 0 Å². The fourth-order valence-corrected chi connectivity index (χ4v) is 6.13. The van der Waals surface area contributed by atoms with E-state index in [1.807, 2.05) is 0 Å². The molecule has 6 aromatic carbocycles. The van der Waals surface area contributed by atoms with Gasteiger partial charge in [0, 0.05) is 0 Å². The van der Waals surface area contributed by atoms with Crippen molar-refractivity contribution in [3.63, 3.8) is 0 Å². The molecule has 0 spiro atoms. The summed E-state index contributed by atoms with van der Waals surface area (Å²) in [6, 6.07) is 42.1. The molecule has 0 radical (unpaired) electrons. The molecule has 0 saturated heterocycles. The largest absolute Gasteiger partial charge is 0.0801 e. The second-order valence-corrected chi connectivity index (χ2v) is 10.5. The molecule has 7 rings (SSSR count). The summed E-state index contributed by atoms with van der Waals surface area (Å²) >= 11 is 0. The maximum Gasteiger partial charge on any atom is -0.00264 e. The fourth-order valence-electron chi connectivity index (χ4n) is 6.13. The molecule has 0 aromatic heterocycles. The number of benzene rings is 6. The summed E-state index contributed by atoms with van der Waals surface area (Å²) in [5, 5.41) is 7.72. The third-order valence-electron chi connectivity index (χ3n) is 8.06. The van der Waals surface area contributed by atoms with E-state index in [4.69, 9.17) is 0 Å². The van der Waals surface area contributed by atoms with Crippen molar-refractivity contribution in [3.8, 4) is 22.3 Å². The Labute approximate surface area is 235 Å². The molecule has 0 saturated carbocycles. The second-order valence-electron chi connectivity index (χ2n) is 10.5. The zero-order valence-corrected chi connectivity index (χ0v) is 22.6. The summed E-state index contributed by atoms with van der Waals surface area (Å²) in [5.41, 5.74) is 8.97. The summed E-state index contributed by atoms with van der Waals surface area (Å²) in [6.45, 7) is 2.24. The fraction of sp³-hybridized carbons (Fsp3) is 0.0500. The molecule has 0 heterocycles. The van der Waals surface area contributed by atoms with Gasteiger partial charge in [0.15, 0.2) is 0 Å². The van der Waals surface area contributed by atoms with Crippen LogP contribution in [0.3, 0.4) is 0 Å². The topological polar surface area (TPSA) is 0 Å². The molecular formula is C40H30. The minimum Gasteiger partial charge on any atom is -0.0801 e. The SMILES string of the molecule is C/C(=C\C=C1\C=CC=CC1)c1c2ccccc2c(-c2ccc(-c3cccc4ccccc34)cc2)c2ccccc12. The molecule has 40 heavy (non-hydrogen) atoms. The van der Waals surface area contributed by atoms with E-state index in [0.717, 1.165) is 6.42 Å². The Balaban J connectivity index is 1.40. The summed E-state index contributed by atoms with van der Waals surface area (Å²) in [7, 11) is 0. The van der Waals surface area contributed by atoms with Crippen LogP contribution in [0.2, 0.25) is 0 Å². The number of allylic oxidation sites excluding steroid dienone is 8. The van der Waals surface area contributed by atoms with Crippen molar-refractivity contribution in [2.75, 3.05) is 0 Å². The molecule has 1 aliphatic carbocycles. The van der Waals surface area contributed by atoms with E-state index in [1.54, 1.807) is 0 Å². The Morgan fingerprint density at radius 2 is 1.18 bits per heavy atom. The Hall–Kier alpha value is -4.94. The lowest BCUT2D eigenvalue weighted by molar-refractivity contribution is 1.26.